The zero-order valence-electron chi connectivity index (χ0n) is 9.84. The number of nitrogens with one attached hydrogen (secondary N) is 1. The van der Waals surface area contributed by atoms with Crippen LogP contribution in [0, 0.1) is 12.3 Å². The molecule has 0 bridgehead atoms. The highest BCUT2D eigenvalue weighted by molar-refractivity contribution is 5.05. The lowest BCUT2D eigenvalue weighted by atomic mass is 9.90. The maximum atomic E-state index is 8.88. The van der Waals surface area contributed by atoms with Gasteiger partial charge in [-0.25, -0.2) is 0 Å². The molecule has 0 unspecified atom stereocenters. The van der Waals surface area contributed by atoms with Crippen molar-refractivity contribution >= 4 is 0 Å². The molecular weight excluding hydrogens is 190 g/mol. The quantitative estimate of drug-likeness (QED) is 0.757. The molecule has 0 aliphatic rings. The van der Waals surface area contributed by atoms with E-state index in [-0.39, 0.29) is 12.0 Å². The summed E-state index contributed by atoms with van der Waals surface area (Å²) in [6, 6.07) is 3.96. The van der Waals surface area contributed by atoms with Crippen molar-refractivity contribution in [3.8, 4) is 0 Å². The first kappa shape index (κ1) is 12.3. The van der Waals surface area contributed by atoms with Gasteiger partial charge in [-0.3, -0.25) is 0 Å². The topological polar surface area (TPSA) is 45.4 Å². The predicted molar refractivity (Wildman–Crippen MR) is 60.6 cm³/mol. The summed E-state index contributed by atoms with van der Waals surface area (Å²) in [5, 5.41) is 12.2. The second-order valence-corrected chi connectivity index (χ2v) is 4.75. The van der Waals surface area contributed by atoms with E-state index in [4.69, 9.17) is 9.52 Å². The number of furan rings is 1. The van der Waals surface area contributed by atoms with E-state index in [1.165, 1.54) is 0 Å². The van der Waals surface area contributed by atoms with E-state index in [9.17, 15) is 0 Å². The van der Waals surface area contributed by atoms with Crippen LogP contribution in [0.15, 0.2) is 16.5 Å². The molecule has 0 aliphatic heterocycles. The van der Waals surface area contributed by atoms with Crippen molar-refractivity contribution in [2.45, 2.75) is 33.7 Å². The highest BCUT2D eigenvalue weighted by atomic mass is 16.3. The summed E-state index contributed by atoms with van der Waals surface area (Å²) in [5.74, 6) is 1.91. The molecule has 0 amide bonds. The summed E-state index contributed by atoms with van der Waals surface area (Å²) in [6.45, 7) is 8.11. The van der Waals surface area contributed by atoms with Crippen LogP contribution >= 0.6 is 0 Å². The Morgan fingerprint density at radius 2 is 2.13 bits per heavy atom. The fraction of sp³-hybridized carbons (Fsp3) is 0.667. The van der Waals surface area contributed by atoms with Crippen LogP contribution in [0.4, 0.5) is 0 Å². The molecule has 0 aromatic carbocycles. The van der Waals surface area contributed by atoms with Crippen LogP contribution in [0.1, 0.15) is 31.8 Å². The number of rotatable bonds is 6. The van der Waals surface area contributed by atoms with Crippen LogP contribution in [-0.4, -0.2) is 18.3 Å². The van der Waals surface area contributed by atoms with Gasteiger partial charge in [-0.05, 0) is 30.9 Å². The third-order valence-corrected chi connectivity index (χ3v) is 2.49. The first-order valence-electron chi connectivity index (χ1n) is 5.40. The fourth-order valence-electron chi connectivity index (χ4n) is 1.50. The van der Waals surface area contributed by atoms with Crippen LogP contribution in [0.25, 0.3) is 0 Å². The minimum Gasteiger partial charge on any atom is -0.465 e. The maximum Gasteiger partial charge on any atom is 0.117 e. The van der Waals surface area contributed by atoms with Crippen LogP contribution in [0.5, 0.6) is 0 Å². The highest BCUT2D eigenvalue weighted by Gasteiger charge is 2.16. The molecule has 3 nitrogen and oxygen atoms in total. The molecule has 1 aromatic rings. The van der Waals surface area contributed by atoms with Crippen molar-refractivity contribution in [2.24, 2.45) is 5.41 Å². The van der Waals surface area contributed by atoms with Gasteiger partial charge in [-0.2, -0.15) is 0 Å². The second kappa shape index (κ2) is 5.33. The fourth-order valence-corrected chi connectivity index (χ4v) is 1.50. The Bertz CT molecular complexity index is 292. The van der Waals surface area contributed by atoms with Crippen LogP contribution in [0.3, 0.4) is 0 Å². The van der Waals surface area contributed by atoms with Gasteiger partial charge in [0.25, 0.3) is 0 Å². The largest absolute Gasteiger partial charge is 0.465 e. The molecule has 1 heterocycles. The molecule has 3 heteroatoms. The Morgan fingerprint density at radius 1 is 1.40 bits per heavy atom. The highest BCUT2D eigenvalue weighted by Crippen LogP contribution is 2.18. The summed E-state index contributed by atoms with van der Waals surface area (Å²) in [4.78, 5) is 0. The molecule has 0 aliphatic carbocycles. The summed E-state index contributed by atoms with van der Waals surface area (Å²) < 4.78 is 5.45. The molecule has 2 N–H and O–H groups in total. The molecule has 1 rings (SSSR count). The molecule has 1 aromatic heterocycles. The lowest BCUT2D eigenvalue weighted by Gasteiger charge is -2.23. The van der Waals surface area contributed by atoms with E-state index in [0.29, 0.717) is 0 Å². The van der Waals surface area contributed by atoms with Gasteiger partial charge in [0.15, 0.2) is 0 Å². The molecule has 0 spiro atoms. The van der Waals surface area contributed by atoms with Gasteiger partial charge in [-0.1, -0.05) is 13.8 Å². The molecule has 86 valence electrons. The normalized spacial score (nSPS) is 12.0. The van der Waals surface area contributed by atoms with Gasteiger partial charge in [0, 0.05) is 13.2 Å². The molecule has 0 saturated heterocycles. The van der Waals surface area contributed by atoms with Gasteiger partial charge in [-0.15, -0.1) is 0 Å². The van der Waals surface area contributed by atoms with Crippen molar-refractivity contribution in [3.05, 3.63) is 23.7 Å². The number of aliphatic hydroxyl groups is 1. The number of aryl methyl sites for hydroxylation is 1. The smallest absolute Gasteiger partial charge is 0.117 e. The minimum absolute atomic E-state index is 0.135. The maximum absolute atomic E-state index is 8.88. The van der Waals surface area contributed by atoms with Crippen molar-refractivity contribution in [1.29, 1.82) is 0 Å². The Kier molecular flexibility index (Phi) is 4.36. The van der Waals surface area contributed by atoms with Gasteiger partial charge in [0.2, 0.25) is 0 Å². The molecule has 0 radical (unpaired) electrons. The molecule has 0 saturated carbocycles. The van der Waals surface area contributed by atoms with E-state index >= 15 is 0 Å². The predicted octanol–water partition coefficient (Wildman–Crippen LogP) is 2.09. The van der Waals surface area contributed by atoms with E-state index in [0.717, 1.165) is 31.0 Å². The van der Waals surface area contributed by atoms with Gasteiger partial charge in [0.05, 0.1) is 6.54 Å². The van der Waals surface area contributed by atoms with E-state index in [1.54, 1.807) is 0 Å². The average molecular weight is 211 g/mol. The first-order valence-corrected chi connectivity index (χ1v) is 5.40. The number of hydrogen-bond donors (Lipinski definition) is 2. The van der Waals surface area contributed by atoms with Crippen molar-refractivity contribution in [1.82, 2.24) is 5.32 Å². The van der Waals surface area contributed by atoms with Gasteiger partial charge < -0.3 is 14.8 Å². The van der Waals surface area contributed by atoms with E-state index in [2.05, 4.69) is 19.2 Å². The zero-order valence-corrected chi connectivity index (χ0v) is 9.84. The van der Waals surface area contributed by atoms with Gasteiger partial charge >= 0.3 is 0 Å². The summed E-state index contributed by atoms with van der Waals surface area (Å²) in [6.07, 6.45) is 0.817. The number of aliphatic hydroxyl groups excluding tert-OH is 1. The third kappa shape index (κ3) is 4.49. The SMILES string of the molecule is Cc1ccc(CNCC(C)(C)CCO)o1. The van der Waals surface area contributed by atoms with E-state index in [1.807, 2.05) is 19.1 Å². The Labute approximate surface area is 91.5 Å². The van der Waals surface area contributed by atoms with Crippen LogP contribution < -0.4 is 5.32 Å². The molecule has 15 heavy (non-hydrogen) atoms. The standard InChI is InChI=1S/C12H21NO2/c1-10-4-5-11(15-10)8-13-9-12(2,3)6-7-14/h4-5,13-14H,6-9H2,1-3H3. The number of hydrogen-bond acceptors (Lipinski definition) is 3. The lowest BCUT2D eigenvalue weighted by molar-refractivity contribution is 0.206. The minimum atomic E-state index is 0.135. The van der Waals surface area contributed by atoms with Gasteiger partial charge in [0.1, 0.15) is 11.5 Å². The monoisotopic (exact) mass is 211 g/mol. The Hall–Kier alpha value is -0.800. The zero-order chi connectivity index (χ0) is 11.3. The average Bonchev–Trinajstić information content (AvgIpc) is 2.51. The van der Waals surface area contributed by atoms with Crippen LogP contribution in [0.2, 0.25) is 0 Å². The molecule has 0 fully saturated rings. The summed E-state index contributed by atoms with van der Waals surface area (Å²) in [7, 11) is 0. The van der Waals surface area contributed by atoms with E-state index < -0.39 is 0 Å². The van der Waals surface area contributed by atoms with Crippen molar-refractivity contribution < 1.29 is 9.52 Å². The van der Waals surface area contributed by atoms with Crippen LogP contribution in [-0.2, 0) is 6.54 Å². The Morgan fingerprint density at radius 3 is 2.67 bits per heavy atom. The summed E-state index contributed by atoms with van der Waals surface area (Å²) in [5.41, 5.74) is 0.135. The summed E-state index contributed by atoms with van der Waals surface area (Å²) >= 11 is 0. The molecule has 0 atom stereocenters. The molecular formula is C12H21NO2. The van der Waals surface area contributed by atoms with Crippen molar-refractivity contribution in [2.75, 3.05) is 13.2 Å². The first-order chi connectivity index (χ1) is 7.03. The Balaban J connectivity index is 2.27. The lowest BCUT2D eigenvalue weighted by Crippen LogP contribution is -2.29. The third-order valence-electron chi connectivity index (χ3n) is 2.49. The second-order valence-electron chi connectivity index (χ2n) is 4.75. The van der Waals surface area contributed by atoms with Crippen molar-refractivity contribution in [3.63, 3.8) is 0 Å².